The molecule has 40 heavy (non-hydrogen) atoms. The number of hydrogen-bond acceptors (Lipinski definition) is 6. The molecule has 0 aromatic heterocycles. The molecule has 0 fully saturated rings. The highest BCUT2D eigenvalue weighted by Crippen LogP contribution is 2.33. The lowest BCUT2D eigenvalue weighted by atomic mass is 9.78. The molecule has 0 saturated heterocycles. The summed E-state index contributed by atoms with van der Waals surface area (Å²) in [5, 5.41) is 19.2. The molecule has 3 rings (SSSR count). The molecule has 0 aliphatic rings. The molecule has 0 aliphatic carbocycles. The Kier molecular flexibility index (Phi) is 11.9. The zero-order valence-corrected chi connectivity index (χ0v) is 24.1. The van der Waals surface area contributed by atoms with Crippen LogP contribution in [0.5, 0.6) is 11.5 Å². The van der Waals surface area contributed by atoms with Gasteiger partial charge in [-0.2, -0.15) is 0 Å². The molecular formula is C31H39BClNO6. The molecule has 0 amide bonds. The number of halogens is 1. The smallest absolute Gasteiger partial charge is 0.491 e. The van der Waals surface area contributed by atoms with Gasteiger partial charge < -0.3 is 30.0 Å². The molecule has 3 aromatic carbocycles. The maximum atomic E-state index is 10.9. The number of carbonyl (C=O) groups is 1. The van der Waals surface area contributed by atoms with Gasteiger partial charge in [0.05, 0.1) is 13.2 Å². The zero-order chi connectivity index (χ0) is 29.1. The SMILES string of the molecule is CC(CCl)COc1ccc(C(C)(C)c2ccc(OCCCOB(O)c3ccc(C[C@H](N)C(=O)O)cc3)cc2)cc1. The highest BCUT2D eigenvalue weighted by molar-refractivity contribution is 6.59. The molecule has 4 N–H and O–H groups in total. The van der Waals surface area contributed by atoms with Crippen molar-refractivity contribution >= 4 is 30.2 Å². The number of rotatable bonds is 16. The van der Waals surface area contributed by atoms with Crippen LogP contribution in [0.2, 0.25) is 0 Å². The van der Waals surface area contributed by atoms with Crippen molar-refractivity contribution in [3.05, 3.63) is 89.5 Å². The van der Waals surface area contributed by atoms with Gasteiger partial charge in [0.15, 0.2) is 0 Å². The van der Waals surface area contributed by atoms with Crippen LogP contribution in [0.25, 0.3) is 0 Å². The van der Waals surface area contributed by atoms with Gasteiger partial charge in [0.2, 0.25) is 0 Å². The maximum absolute atomic E-state index is 10.9. The second kappa shape index (κ2) is 15.1. The summed E-state index contributed by atoms with van der Waals surface area (Å²) >= 11 is 5.86. The van der Waals surface area contributed by atoms with E-state index >= 15 is 0 Å². The maximum Gasteiger partial charge on any atom is 0.491 e. The largest absolute Gasteiger partial charge is 0.494 e. The lowest BCUT2D eigenvalue weighted by molar-refractivity contribution is -0.138. The summed E-state index contributed by atoms with van der Waals surface area (Å²) in [6.07, 6.45) is 0.827. The van der Waals surface area contributed by atoms with E-state index in [1.165, 1.54) is 11.1 Å². The lowest BCUT2D eigenvalue weighted by Gasteiger charge is -2.26. The van der Waals surface area contributed by atoms with Crippen molar-refractivity contribution in [2.24, 2.45) is 11.7 Å². The van der Waals surface area contributed by atoms with Crippen molar-refractivity contribution < 1.29 is 29.1 Å². The van der Waals surface area contributed by atoms with Crippen molar-refractivity contribution in [1.82, 2.24) is 0 Å². The monoisotopic (exact) mass is 567 g/mol. The van der Waals surface area contributed by atoms with Crippen molar-refractivity contribution in [1.29, 1.82) is 0 Å². The highest BCUT2D eigenvalue weighted by Gasteiger charge is 2.23. The van der Waals surface area contributed by atoms with E-state index in [1.54, 1.807) is 24.3 Å². The third-order valence-corrected chi connectivity index (χ3v) is 7.35. The summed E-state index contributed by atoms with van der Waals surface area (Å²) < 4.78 is 17.2. The van der Waals surface area contributed by atoms with Crippen molar-refractivity contribution in [2.75, 3.05) is 25.7 Å². The number of aliphatic carboxylic acids is 1. The van der Waals surface area contributed by atoms with Gasteiger partial charge in [-0.1, -0.05) is 69.3 Å². The molecule has 0 aliphatic heterocycles. The van der Waals surface area contributed by atoms with Gasteiger partial charge in [-0.3, -0.25) is 4.79 Å². The Hall–Kier alpha value is -3.04. The Morgan fingerprint density at radius 2 is 1.48 bits per heavy atom. The van der Waals surface area contributed by atoms with Crippen LogP contribution in [-0.4, -0.2) is 55.0 Å². The second-order valence-corrected chi connectivity index (χ2v) is 10.9. The normalized spacial score (nSPS) is 12.9. The molecule has 7 nitrogen and oxygen atoms in total. The summed E-state index contributed by atoms with van der Waals surface area (Å²) in [5.74, 6) is 1.45. The topological polar surface area (TPSA) is 111 Å². The molecule has 9 heteroatoms. The number of carboxylic acid groups (broad SMARTS) is 1. The molecule has 214 valence electrons. The molecule has 0 spiro atoms. The highest BCUT2D eigenvalue weighted by atomic mass is 35.5. The molecular weight excluding hydrogens is 529 g/mol. The van der Waals surface area contributed by atoms with Gasteiger partial charge in [-0.15, -0.1) is 11.6 Å². The third-order valence-electron chi connectivity index (χ3n) is 6.82. The first-order valence-corrected chi connectivity index (χ1v) is 14.0. The van der Waals surface area contributed by atoms with Gasteiger partial charge in [0.25, 0.3) is 0 Å². The predicted molar refractivity (Wildman–Crippen MR) is 160 cm³/mol. The van der Waals surface area contributed by atoms with E-state index in [0.29, 0.717) is 43.5 Å². The van der Waals surface area contributed by atoms with Crippen LogP contribution in [0.15, 0.2) is 72.8 Å². The first kappa shape index (κ1) is 31.5. The van der Waals surface area contributed by atoms with E-state index < -0.39 is 19.1 Å². The average Bonchev–Trinajstić information content (AvgIpc) is 2.96. The third kappa shape index (κ3) is 9.27. The minimum atomic E-state index is -1.07. The van der Waals surface area contributed by atoms with Crippen LogP contribution >= 0.6 is 11.6 Å². The van der Waals surface area contributed by atoms with E-state index in [-0.39, 0.29) is 11.8 Å². The molecule has 0 saturated carbocycles. The summed E-state index contributed by atoms with van der Waals surface area (Å²) in [5.41, 5.74) is 9.11. The molecule has 0 heterocycles. The van der Waals surface area contributed by atoms with Gasteiger partial charge in [0, 0.05) is 30.2 Å². The number of hydrogen-bond donors (Lipinski definition) is 3. The quantitative estimate of drug-likeness (QED) is 0.134. The second-order valence-electron chi connectivity index (χ2n) is 10.6. The van der Waals surface area contributed by atoms with Crippen LogP contribution in [0.3, 0.4) is 0 Å². The average molecular weight is 568 g/mol. The van der Waals surface area contributed by atoms with Crippen molar-refractivity contribution in [3.8, 4) is 11.5 Å². The van der Waals surface area contributed by atoms with Crippen molar-refractivity contribution in [3.63, 3.8) is 0 Å². The number of alkyl halides is 1. The number of benzene rings is 3. The number of ether oxygens (including phenoxy) is 2. The number of nitrogens with two attached hydrogens (primary N) is 1. The summed E-state index contributed by atoms with van der Waals surface area (Å²) in [6.45, 7) is 7.81. The minimum absolute atomic E-state index is 0.190. The lowest BCUT2D eigenvalue weighted by Crippen LogP contribution is -2.35. The fourth-order valence-corrected chi connectivity index (χ4v) is 4.17. The summed E-state index contributed by atoms with van der Waals surface area (Å²) in [4.78, 5) is 10.9. The first-order valence-electron chi connectivity index (χ1n) is 13.5. The van der Waals surface area contributed by atoms with Crippen LogP contribution in [0.1, 0.15) is 43.9 Å². The van der Waals surface area contributed by atoms with E-state index in [1.807, 2.05) is 24.3 Å². The predicted octanol–water partition coefficient (Wildman–Crippen LogP) is 4.39. The summed E-state index contributed by atoms with van der Waals surface area (Å²) in [7, 11) is -1.07. The van der Waals surface area contributed by atoms with Gasteiger partial charge >= 0.3 is 13.1 Å². The molecule has 0 radical (unpaired) electrons. The van der Waals surface area contributed by atoms with E-state index in [9.17, 15) is 9.82 Å². The Labute approximate surface area is 242 Å². The van der Waals surface area contributed by atoms with E-state index in [4.69, 9.17) is 36.6 Å². The van der Waals surface area contributed by atoms with Crippen LogP contribution in [-0.2, 0) is 21.3 Å². The molecule has 1 unspecified atom stereocenters. The van der Waals surface area contributed by atoms with Crippen LogP contribution in [0.4, 0.5) is 0 Å². The van der Waals surface area contributed by atoms with Crippen LogP contribution in [0, 0.1) is 5.92 Å². The Morgan fingerprint density at radius 1 is 0.925 bits per heavy atom. The zero-order valence-electron chi connectivity index (χ0n) is 23.4. The van der Waals surface area contributed by atoms with E-state index in [2.05, 4.69) is 45.0 Å². The van der Waals surface area contributed by atoms with Gasteiger partial charge in [0.1, 0.15) is 17.5 Å². The van der Waals surface area contributed by atoms with E-state index in [0.717, 1.165) is 17.1 Å². The Balaban J connectivity index is 1.42. The Bertz CT molecular complexity index is 1190. The molecule has 3 aromatic rings. The minimum Gasteiger partial charge on any atom is -0.494 e. The van der Waals surface area contributed by atoms with Gasteiger partial charge in [-0.05, 0) is 52.8 Å². The van der Waals surface area contributed by atoms with Gasteiger partial charge in [-0.25, -0.2) is 0 Å². The fourth-order valence-electron chi connectivity index (χ4n) is 4.09. The first-order chi connectivity index (χ1) is 19.1. The van der Waals surface area contributed by atoms with Crippen molar-refractivity contribution in [2.45, 2.75) is 45.1 Å². The standard InChI is InChI=1S/C31H39BClNO6/c1-22(20-33)21-39-28-15-9-25(10-16-28)31(2,3)24-7-13-27(14-8-24)38-17-4-18-40-32(37)26-11-5-23(6-12-26)19-29(34)30(35)36/h5-16,22,29,37H,4,17-21,34H2,1-3H3,(H,35,36)/t22?,29-/m0/s1. The molecule has 0 bridgehead atoms. The van der Waals surface area contributed by atoms with Crippen LogP contribution < -0.4 is 20.7 Å². The summed E-state index contributed by atoms with van der Waals surface area (Å²) in [6, 6.07) is 22.2. The Morgan fingerprint density at radius 3 is 2.00 bits per heavy atom. The fraction of sp³-hybridized carbons (Fsp3) is 0.387. The molecule has 2 atom stereocenters. The number of carboxylic acids is 1.